The molecule has 1 fully saturated rings. The van der Waals surface area contributed by atoms with Crippen LogP contribution in [0.15, 0.2) is 18.2 Å². The molecule has 2 N–H and O–H groups in total. The summed E-state index contributed by atoms with van der Waals surface area (Å²) < 4.78 is 10.4. The number of hydrogen-bond acceptors (Lipinski definition) is 4. The zero-order chi connectivity index (χ0) is 14.8. The van der Waals surface area contributed by atoms with Crippen LogP contribution in [0.1, 0.15) is 25.3 Å². The average Bonchev–Trinajstić information content (AvgIpc) is 3.22. The molecule has 0 aromatic heterocycles. The Hall–Kier alpha value is -1.75. The van der Waals surface area contributed by atoms with Crippen molar-refractivity contribution < 1.29 is 19.4 Å². The van der Waals surface area contributed by atoms with Crippen LogP contribution in [-0.2, 0) is 11.2 Å². The van der Waals surface area contributed by atoms with E-state index in [9.17, 15) is 9.90 Å². The van der Waals surface area contributed by atoms with Crippen molar-refractivity contribution >= 4 is 5.97 Å². The third-order valence-electron chi connectivity index (χ3n) is 3.58. The molecule has 1 aromatic carbocycles. The summed E-state index contributed by atoms with van der Waals surface area (Å²) in [6, 6.07) is 5.83. The number of hydrogen-bond donors (Lipinski definition) is 2. The van der Waals surface area contributed by atoms with Gasteiger partial charge >= 0.3 is 5.97 Å². The zero-order valence-electron chi connectivity index (χ0n) is 12.1. The third-order valence-corrected chi connectivity index (χ3v) is 3.58. The Bertz CT molecular complexity index is 499. The predicted molar refractivity (Wildman–Crippen MR) is 75.4 cm³/mol. The summed E-state index contributed by atoms with van der Waals surface area (Å²) in [5.74, 6) is 0.423. The van der Waals surface area contributed by atoms with E-state index in [0.717, 1.165) is 18.4 Å². The summed E-state index contributed by atoms with van der Waals surface area (Å²) in [7, 11) is 3.15. The maximum atomic E-state index is 11.5. The standard InChI is InChI=1S/C15H21NO4/c1-15(14(17)18,16-11-5-6-11)9-10-4-7-12(19-2)13(8-10)20-3/h4,7-8,11,16H,5-6,9H2,1-3H3,(H,17,18). The number of ether oxygens (including phenoxy) is 2. The minimum Gasteiger partial charge on any atom is -0.493 e. The van der Waals surface area contributed by atoms with Gasteiger partial charge in [0.1, 0.15) is 5.54 Å². The summed E-state index contributed by atoms with van der Waals surface area (Å²) in [6.07, 6.45) is 2.50. The maximum Gasteiger partial charge on any atom is 0.323 e. The molecule has 110 valence electrons. The highest BCUT2D eigenvalue weighted by molar-refractivity contribution is 5.79. The van der Waals surface area contributed by atoms with Gasteiger partial charge in [-0.2, -0.15) is 0 Å². The average molecular weight is 279 g/mol. The summed E-state index contributed by atoms with van der Waals surface area (Å²) in [6.45, 7) is 1.73. The van der Waals surface area contributed by atoms with Gasteiger partial charge in [-0.05, 0) is 37.5 Å². The molecule has 1 aliphatic rings. The molecule has 0 heterocycles. The Labute approximate surface area is 118 Å². The summed E-state index contributed by atoms with van der Waals surface area (Å²) in [4.78, 5) is 11.5. The third kappa shape index (κ3) is 3.22. The lowest BCUT2D eigenvalue weighted by molar-refractivity contribution is -0.144. The molecule has 0 amide bonds. The van der Waals surface area contributed by atoms with E-state index in [1.807, 2.05) is 12.1 Å². The van der Waals surface area contributed by atoms with Crippen LogP contribution >= 0.6 is 0 Å². The van der Waals surface area contributed by atoms with E-state index >= 15 is 0 Å². The molecule has 5 nitrogen and oxygen atoms in total. The van der Waals surface area contributed by atoms with Crippen molar-refractivity contribution in [2.24, 2.45) is 0 Å². The predicted octanol–water partition coefficient (Wildman–Crippen LogP) is 1.84. The number of aliphatic carboxylic acids is 1. The molecule has 1 unspecified atom stereocenters. The fourth-order valence-corrected chi connectivity index (χ4v) is 2.27. The monoisotopic (exact) mass is 279 g/mol. The van der Waals surface area contributed by atoms with E-state index in [2.05, 4.69) is 5.32 Å². The molecule has 0 aliphatic heterocycles. The van der Waals surface area contributed by atoms with Crippen molar-refractivity contribution in [2.45, 2.75) is 37.8 Å². The largest absolute Gasteiger partial charge is 0.493 e. The van der Waals surface area contributed by atoms with Crippen molar-refractivity contribution in [1.82, 2.24) is 5.32 Å². The second-order valence-corrected chi connectivity index (χ2v) is 5.42. The van der Waals surface area contributed by atoms with Crippen molar-refractivity contribution in [2.75, 3.05) is 14.2 Å². The fourth-order valence-electron chi connectivity index (χ4n) is 2.27. The van der Waals surface area contributed by atoms with Crippen molar-refractivity contribution in [3.05, 3.63) is 23.8 Å². The number of carboxylic acid groups (broad SMARTS) is 1. The molecule has 1 atom stereocenters. The topological polar surface area (TPSA) is 67.8 Å². The first-order chi connectivity index (χ1) is 9.48. The van der Waals surface area contributed by atoms with Crippen LogP contribution in [0.4, 0.5) is 0 Å². The highest BCUT2D eigenvalue weighted by Crippen LogP contribution is 2.30. The number of carboxylic acids is 1. The molecule has 0 spiro atoms. The lowest BCUT2D eigenvalue weighted by atomic mass is 9.92. The van der Waals surface area contributed by atoms with Gasteiger partial charge in [-0.25, -0.2) is 0 Å². The van der Waals surface area contributed by atoms with Crippen LogP contribution in [0, 0.1) is 0 Å². The highest BCUT2D eigenvalue weighted by Gasteiger charge is 2.38. The van der Waals surface area contributed by atoms with Crippen LogP contribution < -0.4 is 14.8 Å². The van der Waals surface area contributed by atoms with Gasteiger partial charge < -0.3 is 14.6 Å². The van der Waals surface area contributed by atoms with Gasteiger partial charge in [0.05, 0.1) is 14.2 Å². The van der Waals surface area contributed by atoms with Gasteiger partial charge in [-0.1, -0.05) is 6.07 Å². The number of benzene rings is 1. The van der Waals surface area contributed by atoms with Gasteiger partial charge in [0.2, 0.25) is 0 Å². The molecule has 2 rings (SSSR count). The van der Waals surface area contributed by atoms with Gasteiger partial charge in [0.15, 0.2) is 11.5 Å². The van der Waals surface area contributed by atoms with Gasteiger partial charge in [0, 0.05) is 12.5 Å². The Kier molecular flexibility index (Phi) is 4.18. The minimum absolute atomic E-state index is 0.330. The summed E-state index contributed by atoms with van der Waals surface area (Å²) in [5, 5.41) is 12.7. The number of carbonyl (C=O) groups is 1. The van der Waals surface area contributed by atoms with Gasteiger partial charge in [-0.3, -0.25) is 10.1 Å². The molecule has 1 aliphatic carbocycles. The first kappa shape index (κ1) is 14.7. The van der Waals surface area contributed by atoms with Crippen LogP contribution in [0.2, 0.25) is 0 Å². The van der Waals surface area contributed by atoms with Crippen LogP contribution in [0.5, 0.6) is 11.5 Å². The lowest BCUT2D eigenvalue weighted by Gasteiger charge is -2.26. The van der Waals surface area contributed by atoms with Crippen LogP contribution in [0.25, 0.3) is 0 Å². The van der Waals surface area contributed by atoms with Crippen molar-refractivity contribution in [3.8, 4) is 11.5 Å². The molecule has 5 heteroatoms. The molecular weight excluding hydrogens is 258 g/mol. The Balaban J connectivity index is 2.19. The molecule has 0 bridgehead atoms. The number of rotatable bonds is 7. The minimum atomic E-state index is -0.958. The SMILES string of the molecule is COc1ccc(CC(C)(NC2CC2)C(=O)O)cc1OC. The molecule has 1 saturated carbocycles. The van der Waals surface area contributed by atoms with Crippen LogP contribution in [0.3, 0.4) is 0 Å². The first-order valence-corrected chi connectivity index (χ1v) is 6.70. The van der Waals surface area contributed by atoms with Crippen molar-refractivity contribution in [1.29, 1.82) is 0 Å². The van der Waals surface area contributed by atoms with E-state index in [4.69, 9.17) is 9.47 Å². The Morgan fingerprint density at radius 3 is 2.50 bits per heavy atom. The van der Waals surface area contributed by atoms with Crippen molar-refractivity contribution in [3.63, 3.8) is 0 Å². The second-order valence-electron chi connectivity index (χ2n) is 5.42. The molecule has 20 heavy (non-hydrogen) atoms. The Morgan fingerprint density at radius 2 is 2.00 bits per heavy atom. The van der Waals surface area contributed by atoms with Gasteiger partial charge in [0.25, 0.3) is 0 Å². The fraction of sp³-hybridized carbons (Fsp3) is 0.533. The highest BCUT2D eigenvalue weighted by atomic mass is 16.5. The molecule has 1 aromatic rings. The second kappa shape index (κ2) is 5.71. The maximum absolute atomic E-state index is 11.5. The number of nitrogens with one attached hydrogen (secondary N) is 1. The van der Waals surface area contributed by atoms with E-state index in [-0.39, 0.29) is 0 Å². The summed E-state index contributed by atoms with van der Waals surface area (Å²) >= 11 is 0. The van der Waals surface area contributed by atoms with E-state index in [1.54, 1.807) is 27.2 Å². The van der Waals surface area contributed by atoms with Gasteiger partial charge in [-0.15, -0.1) is 0 Å². The smallest absolute Gasteiger partial charge is 0.323 e. The molecule has 0 radical (unpaired) electrons. The molecular formula is C15H21NO4. The number of methoxy groups -OCH3 is 2. The molecule has 0 saturated heterocycles. The normalized spacial score (nSPS) is 17.4. The van der Waals surface area contributed by atoms with E-state index < -0.39 is 11.5 Å². The van der Waals surface area contributed by atoms with E-state index in [0.29, 0.717) is 24.0 Å². The zero-order valence-corrected chi connectivity index (χ0v) is 12.1. The quantitative estimate of drug-likeness (QED) is 0.797. The van der Waals surface area contributed by atoms with Crippen LogP contribution in [-0.4, -0.2) is 36.9 Å². The Morgan fingerprint density at radius 1 is 1.35 bits per heavy atom. The van der Waals surface area contributed by atoms with E-state index in [1.165, 1.54) is 0 Å². The summed E-state index contributed by atoms with van der Waals surface area (Å²) in [5.41, 5.74) is -0.0541. The lowest BCUT2D eigenvalue weighted by Crippen LogP contribution is -2.52. The first-order valence-electron chi connectivity index (χ1n) is 6.70.